The molecule has 0 aliphatic heterocycles. The van der Waals surface area contributed by atoms with Crippen LogP contribution in [0.2, 0.25) is 5.02 Å². The number of carbonyl (C=O) groups excluding carboxylic acids is 2. The van der Waals surface area contributed by atoms with Crippen LogP contribution in [0.3, 0.4) is 0 Å². The Labute approximate surface area is 151 Å². The van der Waals surface area contributed by atoms with Crippen molar-refractivity contribution in [1.29, 1.82) is 0 Å². The molecule has 2 amide bonds. The van der Waals surface area contributed by atoms with Crippen molar-refractivity contribution in [3.05, 3.63) is 45.7 Å². The number of benzene rings is 1. The van der Waals surface area contributed by atoms with Gasteiger partial charge in [0, 0.05) is 29.4 Å². The van der Waals surface area contributed by atoms with Gasteiger partial charge in [0.05, 0.1) is 24.1 Å². The van der Waals surface area contributed by atoms with E-state index in [1.807, 2.05) is 25.5 Å². The smallest absolute Gasteiger partial charge is 0.339 e. The number of nitrogens with one attached hydrogen (secondary N) is 2. The summed E-state index contributed by atoms with van der Waals surface area (Å²) in [5.41, 5.74) is 3.37. The molecule has 0 bridgehead atoms. The Kier molecular flexibility index (Phi) is 6.03. The molecule has 0 atom stereocenters. The van der Waals surface area contributed by atoms with Gasteiger partial charge in [0.1, 0.15) is 0 Å². The summed E-state index contributed by atoms with van der Waals surface area (Å²) >= 11 is 5.95. The third kappa shape index (κ3) is 4.30. The second kappa shape index (κ2) is 8.02. The monoisotopic (exact) mass is 364 g/mol. The van der Waals surface area contributed by atoms with Crippen molar-refractivity contribution in [2.45, 2.75) is 33.9 Å². The number of aryl methyl sites for hydroxylation is 2. The van der Waals surface area contributed by atoms with Crippen molar-refractivity contribution in [3.8, 4) is 0 Å². The highest BCUT2D eigenvalue weighted by Crippen LogP contribution is 2.22. The number of halogens is 1. The summed E-state index contributed by atoms with van der Waals surface area (Å²) in [4.78, 5) is 24.0. The maximum Gasteiger partial charge on any atom is 0.339 e. The molecule has 2 N–H and O–H groups in total. The summed E-state index contributed by atoms with van der Waals surface area (Å²) in [6, 6.07) is 4.11. The Balaban J connectivity index is 2.10. The predicted molar refractivity (Wildman–Crippen MR) is 96.0 cm³/mol. The fourth-order valence-corrected chi connectivity index (χ4v) is 2.71. The zero-order chi connectivity index (χ0) is 18.6. The van der Waals surface area contributed by atoms with E-state index < -0.39 is 12.0 Å². The van der Waals surface area contributed by atoms with Crippen LogP contribution in [0.4, 0.5) is 10.5 Å². The van der Waals surface area contributed by atoms with E-state index in [-0.39, 0.29) is 11.3 Å². The molecule has 0 aliphatic carbocycles. The first kappa shape index (κ1) is 18.8. The van der Waals surface area contributed by atoms with E-state index in [0.717, 1.165) is 23.5 Å². The fraction of sp³-hybridized carbons (Fsp3) is 0.353. The van der Waals surface area contributed by atoms with Crippen molar-refractivity contribution < 1.29 is 14.3 Å². The number of esters is 1. The Morgan fingerprint density at radius 3 is 2.64 bits per heavy atom. The number of hydrogen-bond donors (Lipinski definition) is 2. The highest BCUT2D eigenvalue weighted by Gasteiger charge is 2.16. The van der Waals surface area contributed by atoms with Crippen molar-refractivity contribution >= 4 is 29.3 Å². The molecule has 0 radical (unpaired) electrons. The van der Waals surface area contributed by atoms with Gasteiger partial charge in [-0.3, -0.25) is 4.68 Å². The van der Waals surface area contributed by atoms with E-state index in [4.69, 9.17) is 16.3 Å². The number of ether oxygens (including phenoxy) is 1. The Bertz CT molecular complexity index is 801. The average Bonchev–Trinajstić information content (AvgIpc) is 2.86. The van der Waals surface area contributed by atoms with E-state index in [2.05, 4.69) is 15.7 Å². The predicted octanol–water partition coefficient (Wildman–Crippen LogP) is 3.28. The lowest BCUT2D eigenvalue weighted by Crippen LogP contribution is -2.29. The van der Waals surface area contributed by atoms with E-state index >= 15 is 0 Å². The minimum Gasteiger partial charge on any atom is -0.465 e. The van der Waals surface area contributed by atoms with Gasteiger partial charge in [-0.1, -0.05) is 11.6 Å². The second-order valence-electron chi connectivity index (χ2n) is 5.45. The summed E-state index contributed by atoms with van der Waals surface area (Å²) in [5, 5.41) is 10.2. The van der Waals surface area contributed by atoms with Crippen LogP contribution in [0.15, 0.2) is 18.2 Å². The maximum atomic E-state index is 12.2. The molecule has 134 valence electrons. The molecule has 0 unspecified atom stereocenters. The molecular weight excluding hydrogens is 344 g/mol. The summed E-state index contributed by atoms with van der Waals surface area (Å²) in [6.07, 6.45) is 0. The molecule has 25 heavy (non-hydrogen) atoms. The molecule has 2 rings (SSSR count). The normalized spacial score (nSPS) is 10.4. The van der Waals surface area contributed by atoms with Gasteiger partial charge >= 0.3 is 12.0 Å². The van der Waals surface area contributed by atoms with Gasteiger partial charge in [-0.25, -0.2) is 9.59 Å². The van der Waals surface area contributed by atoms with E-state index in [0.29, 0.717) is 11.6 Å². The van der Waals surface area contributed by atoms with Crippen LogP contribution >= 0.6 is 11.6 Å². The van der Waals surface area contributed by atoms with Crippen molar-refractivity contribution in [3.63, 3.8) is 0 Å². The van der Waals surface area contributed by atoms with Crippen LogP contribution in [-0.2, 0) is 17.8 Å². The Hall–Kier alpha value is -2.54. The summed E-state index contributed by atoms with van der Waals surface area (Å²) in [6.45, 7) is 6.98. The minimum absolute atomic E-state index is 0.230. The summed E-state index contributed by atoms with van der Waals surface area (Å²) in [7, 11) is 1.28. The average molecular weight is 365 g/mol. The van der Waals surface area contributed by atoms with Gasteiger partial charge in [0.15, 0.2) is 0 Å². The number of amides is 2. The van der Waals surface area contributed by atoms with Crippen LogP contribution in [0.5, 0.6) is 0 Å². The van der Waals surface area contributed by atoms with Crippen LogP contribution in [0.1, 0.15) is 34.2 Å². The first-order valence-electron chi connectivity index (χ1n) is 7.83. The zero-order valence-electron chi connectivity index (χ0n) is 14.6. The first-order valence-corrected chi connectivity index (χ1v) is 8.20. The molecule has 0 saturated carbocycles. The number of urea groups is 1. The molecule has 0 saturated heterocycles. The summed E-state index contributed by atoms with van der Waals surface area (Å²) < 4.78 is 6.59. The van der Waals surface area contributed by atoms with Gasteiger partial charge in [-0.05, 0) is 39.0 Å². The van der Waals surface area contributed by atoms with Crippen molar-refractivity contribution in [2.75, 3.05) is 12.4 Å². The zero-order valence-corrected chi connectivity index (χ0v) is 15.4. The fourth-order valence-electron chi connectivity index (χ4n) is 2.54. The quantitative estimate of drug-likeness (QED) is 0.797. The first-order chi connectivity index (χ1) is 11.9. The Morgan fingerprint density at radius 2 is 2.04 bits per heavy atom. The topological polar surface area (TPSA) is 85.3 Å². The van der Waals surface area contributed by atoms with Gasteiger partial charge in [0.2, 0.25) is 0 Å². The molecular formula is C17H21ClN4O3. The summed E-state index contributed by atoms with van der Waals surface area (Å²) in [5.74, 6) is -0.553. The lowest BCUT2D eigenvalue weighted by molar-refractivity contribution is 0.0602. The van der Waals surface area contributed by atoms with Crippen LogP contribution in [0.25, 0.3) is 0 Å². The van der Waals surface area contributed by atoms with Gasteiger partial charge in [-0.2, -0.15) is 5.10 Å². The number of nitrogens with zero attached hydrogens (tertiary/aromatic N) is 2. The van der Waals surface area contributed by atoms with E-state index in [9.17, 15) is 9.59 Å². The molecule has 0 fully saturated rings. The molecule has 1 aromatic carbocycles. The van der Waals surface area contributed by atoms with Gasteiger partial charge in [-0.15, -0.1) is 0 Å². The number of carbonyl (C=O) groups is 2. The minimum atomic E-state index is -0.553. The van der Waals surface area contributed by atoms with Gasteiger partial charge in [0.25, 0.3) is 0 Å². The molecule has 0 aliphatic rings. The maximum absolute atomic E-state index is 12.2. The van der Waals surface area contributed by atoms with E-state index in [1.54, 1.807) is 6.07 Å². The van der Waals surface area contributed by atoms with Gasteiger partial charge < -0.3 is 15.4 Å². The molecule has 7 nitrogen and oxygen atoms in total. The number of rotatable bonds is 5. The molecule has 1 aromatic heterocycles. The molecule has 0 spiro atoms. The van der Waals surface area contributed by atoms with E-state index in [1.165, 1.54) is 19.2 Å². The standard InChI is InChI=1S/C17H21ClN4O3/c1-5-22-11(3)14(10(2)21-22)9-19-17(24)20-15-8-12(18)6-7-13(15)16(23)25-4/h6-8H,5,9H2,1-4H3,(H2,19,20,24). The van der Waals surface area contributed by atoms with Crippen LogP contribution in [0, 0.1) is 13.8 Å². The molecule has 8 heteroatoms. The number of methoxy groups -OCH3 is 1. The van der Waals surface area contributed by atoms with Crippen LogP contribution < -0.4 is 10.6 Å². The highest BCUT2D eigenvalue weighted by atomic mass is 35.5. The van der Waals surface area contributed by atoms with Crippen molar-refractivity contribution in [1.82, 2.24) is 15.1 Å². The number of anilines is 1. The lowest BCUT2D eigenvalue weighted by atomic mass is 10.2. The molecule has 2 aromatic rings. The lowest BCUT2D eigenvalue weighted by Gasteiger charge is -2.11. The largest absolute Gasteiger partial charge is 0.465 e. The number of aromatic nitrogens is 2. The molecule has 1 heterocycles. The third-order valence-corrected chi connectivity index (χ3v) is 4.13. The SMILES string of the molecule is CCn1nc(C)c(CNC(=O)Nc2cc(Cl)ccc2C(=O)OC)c1C. The van der Waals surface area contributed by atoms with Crippen LogP contribution in [-0.4, -0.2) is 28.9 Å². The Morgan fingerprint density at radius 1 is 1.32 bits per heavy atom. The highest BCUT2D eigenvalue weighted by molar-refractivity contribution is 6.31. The number of hydrogen-bond acceptors (Lipinski definition) is 4. The second-order valence-corrected chi connectivity index (χ2v) is 5.89. The third-order valence-electron chi connectivity index (χ3n) is 3.89. The van der Waals surface area contributed by atoms with Crippen molar-refractivity contribution in [2.24, 2.45) is 0 Å².